The molecule has 6 nitrogen and oxygen atoms in total. The summed E-state index contributed by atoms with van der Waals surface area (Å²) in [6.45, 7) is 4.42. The Bertz CT molecular complexity index is 816. The van der Waals surface area contributed by atoms with E-state index in [1.54, 1.807) is 6.20 Å². The van der Waals surface area contributed by atoms with Crippen LogP contribution in [0.1, 0.15) is 5.69 Å². The maximum Gasteiger partial charge on any atom is 0.227 e. The summed E-state index contributed by atoms with van der Waals surface area (Å²) in [6, 6.07) is 18.3. The molecule has 0 atom stereocenters. The van der Waals surface area contributed by atoms with Gasteiger partial charge in [-0.1, -0.05) is 24.3 Å². The largest absolute Gasteiger partial charge is 0.368 e. The minimum Gasteiger partial charge on any atom is -0.368 e. The number of pyridine rings is 1. The lowest BCUT2D eigenvalue weighted by Crippen LogP contribution is -2.47. The van der Waals surface area contributed by atoms with Crippen molar-refractivity contribution >= 4 is 17.5 Å². The van der Waals surface area contributed by atoms with Crippen LogP contribution in [0.4, 0.5) is 17.5 Å². The van der Waals surface area contributed by atoms with Crippen LogP contribution in [-0.2, 0) is 6.54 Å². The second kappa shape index (κ2) is 7.82. The highest BCUT2D eigenvalue weighted by Crippen LogP contribution is 2.18. The molecule has 0 bridgehead atoms. The van der Waals surface area contributed by atoms with E-state index in [9.17, 15) is 0 Å². The van der Waals surface area contributed by atoms with Gasteiger partial charge >= 0.3 is 0 Å². The topological polar surface area (TPSA) is 57.2 Å². The summed E-state index contributed by atoms with van der Waals surface area (Å²) < 4.78 is 0. The van der Waals surface area contributed by atoms with Gasteiger partial charge in [0, 0.05) is 44.3 Å². The standard InChI is InChI=1S/C20H22N6/c1-2-7-18(8-3-1)25-12-14-26(15-13-25)20-22-11-9-19(24-20)23-16-17-6-4-5-10-21-17/h1-11H,12-16H2,(H,22,23,24). The molecule has 132 valence electrons. The van der Waals surface area contributed by atoms with Crippen molar-refractivity contribution in [2.24, 2.45) is 0 Å². The van der Waals surface area contributed by atoms with Gasteiger partial charge in [0.25, 0.3) is 0 Å². The Labute approximate surface area is 153 Å². The highest BCUT2D eigenvalue weighted by atomic mass is 15.3. The lowest BCUT2D eigenvalue weighted by molar-refractivity contribution is 0.640. The zero-order valence-corrected chi connectivity index (χ0v) is 14.6. The van der Waals surface area contributed by atoms with Gasteiger partial charge in [-0.2, -0.15) is 4.98 Å². The Morgan fingerprint density at radius 2 is 1.54 bits per heavy atom. The molecule has 1 fully saturated rings. The molecule has 26 heavy (non-hydrogen) atoms. The number of hydrogen-bond acceptors (Lipinski definition) is 6. The molecule has 3 heterocycles. The van der Waals surface area contributed by atoms with Crippen LogP contribution in [0.25, 0.3) is 0 Å². The third kappa shape index (κ3) is 3.91. The molecule has 6 heteroatoms. The average Bonchev–Trinajstić information content (AvgIpc) is 2.74. The van der Waals surface area contributed by atoms with Gasteiger partial charge in [-0.05, 0) is 30.3 Å². The Balaban J connectivity index is 1.36. The Morgan fingerprint density at radius 3 is 2.31 bits per heavy atom. The van der Waals surface area contributed by atoms with Gasteiger partial charge in [0.05, 0.1) is 12.2 Å². The third-order valence-corrected chi connectivity index (χ3v) is 4.50. The van der Waals surface area contributed by atoms with Gasteiger partial charge in [0.2, 0.25) is 5.95 Å². The van der Waals surface area contributed by atoms with Crippen LogP contribution in [0.3, 0.4) is 0 Å². The second-order valence-corrected chi connectivity index (χ2v) is 6.23. The molecule has 0 amide bonds. The number of hydrogen-bond donors (Lipinski definition) is 1. The van der Waals surface area contributed by atoms with E-state index in [0.29, 0.717) is 6.54 Å². The normalized spacial score (nSPS) is 14.3. The van der Waals surface area contributed by atoms with E-state index >= 15 is 0 Å². The van der Waals surface area contributed by atoms with E-state index in [1.807, 2.05) is 30.5 Å². The average molecular weight is 346 g/mol. The molecule has 1 N–H and O–H groups in total. The monoisotopic (exact) mass is 346 g/mol. The summed E-state index contributed by atoms with van der Waals surface area (Å²) in [7, 11) is 0. The smallest absolute Gasteiger partial charge is 0.227 e. The molecule has 1 aliphatic heterocycles. The van der Waals surface area contributed by atoms with Crippen molar-refractivity contribution in [2.45, 2.75) is 6.54 Å². The van der Waals surface area contributed by atoms with Crippen molar-refractivity contribution in [3.8, 4) is 0 Å². The Hall–Kier alpha value is -3.15. The first-order chi connectivity index (χ1) is 12.9. The number of anilines is 3. The van der Waals surface area contributed by atoms with Crippen LogP contribution in [0, 0.1) is 0 Å². The van der Waals surface area contributed by atoms with E-state index < -0.39 is 0 Å². The highest BCUT2D eigenvalue weighted by Gasteiger charge is 2.19. The lowest BCUT2D eigenvalue weighted by Gasteiger charge is -2.36. The van der Waals surface area contributed by atoms with Crippen molar-refractivity contribution in [1.29, 1.82) is 0 Å². The molecule has 1 saturated heterocycles. The third-order valence-electron chi connectivity index (χ3n) is 4.50. The summed E-state index contributed by atoms with van der Waals surface area (Å²) in [5.74, 6) is 1.61. The molecule has 4 rings (SSSR count). The van der Waals surface area contributed by atoms with Crippen LogP contribution in [0.5, 0.6) is 0 Å². The zero-order chi connectivity index (χ0) is 17.6. The highest BCUT2D eigenvalue weighted by molar-refractivity contribution is 5.49. The maximum atomic E-state index is 4.67. The minimum absolute atomic E-state index is 0.652. The van der Waals surface area contributed by atoms with E-state index in [4.69, 9.17) is 0 Å². The van der Waals surface area contributed by atoms with E-state index in [2.05, 4.69) is 60.4 Å². The van der Waals surface area contributed by atoms with Crippen molar-refractivity contribution in [3.05, 3.63) is 72.7 Å². The van der Waals surface area contributed by atoms with Crippen LogP contribution >= 0.6 is 0 Å². The molecule has 3 aromatic rings. The first kappa shape index (κ1) is 16.3. The summed E-state index contributed by atoms with van der Waals surface area (Å²) in [5, 5.41) is 3.32. The number of nitrogens with zero attached hydrogens (tertiary/aromatic N) is 5. The number of rotatable bonds is 5. The van der Waals surface area contributed by atoms with Gasteiger partial charge in [0.1, 0.15) is 5.82 Å². The van der Waals surface area contributed by atoms with E-state index in [-0.39, 0.29) is 0 Å². The molecular formula is C20H22N6. The predicted molar refractivity (Wildman–Crippen MR) is 104 cm³/mol. The van der Waals surface area contributed by atoms with Gasteiger partial charge in [-0.25, -0.2) is 4.98 Å². The van der Waals surface area contributed by atoms with Crippen molar-refractivity contribution in [2.75, 3.05) is 41.3 Å². The predicted octanol–water partition coefficient (Wildman–Crippen LogP) is 2.81. The van der Waals surface area contributed by atoms with Crippen LogP contribution in [0.2, 0.25) is 0 Å². The number of benzene rings is 1. The molecule has 1 aromatic carbocycles. The van der Waals surface area contributed by atoms with Gasteiger partial charge < -0.3 is 15.1 Å². The molecule has 1 aliphatic rings. The van der Waals surface area contributed by atoms with E-state index in [1.165, 1.54) is 5.69 Å². The fourth-order valence-electron chi connectivity index (χ4n) is 3.09. The Morgan fingerprint density at radius 1 is 0.769 bits per heavy atom. The molecule has 2 aromatic heterocycles. The fraction of sp³-hybridized carbons (Fsp3) is 0.250. The first-order valence-electron chi connectivity index (χ1n) is 8.90. The quantitative estimate of drug-likeness (QED) is 0.767. The van der Waals surface area contributed by atoms with Crippen LogP contribution in [-0.4, -0.2) is 41.1 Å². The molecule has 0 saturated carbocycles. The van der Waals surface area contributed by atoms with Crippen molar-refractivity contribution < 1.29 is 0 Å². The maximum absolute atomic E-state index is 4.67. The van der Waals surface area contributed by atoms with Crippen molar-refractivity contribution in [1.82, 2.24) is 15.0 Å². The Kier molecular flexibility index (Phi) is 4.91. The lowest BCUT2D eigenvalue weighted by atomic mass is 10.2. The first-order valence-corrected chi connectivity index (χ1v) is 8.90. The molecule has 0 unspecified atom stereocenters. The number of piperazine rings is 1. The molecule has 0 aliphatic carbocycles. The summed E-state index contributed by atoms with van der Waals surface area (Å²) in [4.78, 5) is 18.1. The number of para-hydroxylation sites is 1. The summed E-state index contributed by atoms with van der Waals surface area (Å²) in [6.07, 6.45) is 3.61. The van der Waals surface area contributed by atoms with Crippen molar-refractivity contribution in [3.63, 3.8) is 0 Å². The zero-order valence-electron chi connectivity index (χ0n) is 14.6. The van der Waals surface area contributed by atoms with Crippen LogP contribution in [0.15, 0.2) is 67.0 Å². The van der Waals surface area contributed by atoms with E-state index in [0.717, 1.165) is 43.6 Å². The minimum atomic E-state index is 0.652. The SMILES string of the molecule is c1ccc(N2CCN(c3nccc(NCc4ccccn4)n3)CC2)cc1. The summed E-state index contributed by atoms with van der Waals surface area (Å²) in [5.41, 5.74) is 2.27. The molecular weight excluding hydrogens is 324 g/mol. The molecule has 0 radical (unpaired) electrons. The number of aromatic nitrogens is 3. The van der Waals surface area contributed by atoms with Crippen LogP contribution < -0.4 is 15.1 Å². The fourth-order valence-corrected chi connectivity index (χ4v) is 3.09. The number of nitrogens with one attached hydrogen (secondary N) is 1. The molecule has 0 spiro atoms. The summed E-state index contributed by atoms with van der Waals surface area (Å²) >= 11 is 0. The van der Waals surface area contributed by atoms with Gasteiger partial charge in [-0.15, -0.1) is 0 Å². The van der Waals surface area contributed by atoms with Gasteiger partial charge in [0.15, 0.2) is 0 Å². The second-order valence-electron chi connectivity index (χ2n) is 6.23. The van der Waals surface area contributed by atoms with Gasteiger partial charge in [-0.3, -0.25) is 4.98 Å².